The molecular formula is C17H27N3O3S. The number of nitrogens with one attached hydrogen (secondary N) is 2. The maximum absolute atomic E-state index is 11.9. The lowest BCUT2D eigenvalue weighted by Crippen LogP contribution is -2.40. The molecule has 134 valence electrons. The third kappa shape index (κ3) is 5.12. The molecule has 2 N–H and O–H groups in total. The largest absolute Gasteiger partial charge is 0.371 e. The molecule has 1 fully saturated rings. The van der Waals surface area contributed by atoms with Gasteiger partial charge in [0.1, 0.15) is 0 Å². The zero-order valence-corrected chi connectivity index (χ0v) is 15.2. The lowest BCUT2D eigenvalue weighted by Gasteiger charge is -2.33. The Labute approximate surface area is 144 Å². The predicted molar refractivity (Wildman–Crippen MR) is 97.8 cm³/mol. The van der Waals surface area contributed by atoms with Crippen LogP contribution in [0.2, 0.25) is 0 Å². The first-order chi connectivity index (χ1) is 11.4. The van der Waals surface area contributed by atoms with Crippen LogP contribution in [0.4, 0.5) is 11.4 Å². The third-order valence-corrected chi connectivity index (χ3v) is 5.69. The molecule has 1 aliphatic rings. The summed E-state index contributed by atoms with van der Waals surface area (Å²) in [5.74, 6) is 0.376. The summed E-state index contributed by atoms with van der Waals surface area (Å²) in [5, 5.41) is 2.89. The summed E-state index contributed by atoms with van der Waals surface area (Å²) in [6.07, 6.45) is 2.28. The molecule has 0 unspecified atom stereocenters. The highest BCUT2D eigenvalue weighted by atomic mass is 32.2. The van der Waals surface area contributed by atoms with Gasteiger partial charge in [-0.25, -0.2) is 8.42 Å². The number of piperidine rings is 1. The zero-order chi connectivity index (χ0) is 17.6. The molecule has 0 bridgehead atoms. The zero-order valence-electron chi connectivity index (χ0n) is 14.4. The van der Waals surface area contributed by atoms with Crippen molar-refractivity contribution in [3.05, 3.63) is 24.3 Å². The minimum Gasteiger partial charge on any atom is -0.371 e. The maximum Gasteiger partial charge on any atom is 0.232 e. The van der Waals surface area contributed by atoms with Gasteiger partial charge in [0.25, 0.3) is 0 Å². The van der Waals surface area contributed by atoms with Gasteiger partial charge in [-0.15, -0.1) is 0 Å². The number of amides is 1. The number of anilines is 2. The van der Waals surface area contributed by atoms with Gasteiger partial charge in [-0.2, -0.15) is 0 Å². The van der Waals surface area contributed by atoms with Crippen molar-refractivity contribution < 1.29 is 13.2 Å². The Balaban J connectivity index is 1.92. The first-order valence-corrected chi connectivity index (χ1v) is 10.2. The van der Waals surface area contributed by atoms with E-state index in [9.17, 15) is 13.2 Å². The van der Waals surface area contributed by atoms with Crippen LogP contribution in [0.3, 0.4) is 0 Å². The molecule has 0 radical (unpaired) electrons. The molecular weight excluding hydrogens is 326 g/mol. The van der Waals surface area contributed by atoms with Crippen LogP contribution < -0.4 is 14.9 Å². The van der Waals surface area contributed by atoms with E-state index in [0.29, 0.717) is 18.7 Å². The van der Waals surface area contributed by atoms with Crippen molar-refractivity contribution >= 4 is 27.3 Å². The highest BCUT2D eigenvalue weighted by Crippen LogP contribution is 2.25. The average Bonchev–Trinajstić information content (AvgIpc) is 2.55. The summed E-state index contributed by atoms with van der Waals surface area (Å²) in [7, 11) is -3.25. The number of hydrogen-bond acceptors (Lipinski definition) is 4. The van der Waals surface area contributed by atoms with E-state index in [1.54, 1.807) is 12.1 Å². The van der Waals surface area contributed by atoms with E-state index in [4.69, 9.17) is 0 Å². The standard InChI is InChI=1S/C17H27N3O3S/c1-3-13-24(22,23)19-15-5-7-16(8-6-15)20-11-9-14(10-12-20)17(21)18-4-2/h5-8,14,19H,3-4,9-13H2,1-2H3,(H,18,21). The van der Waals surface area contributed by atoms with Gasteiger partial charge in [-0.1, -0.05) is 6.92 Å². The smallest absolute Gasteiger partial charge is 0.232 e. The first kappa shape index (κ1) is 18.6. The predicted octanol–water partition coefficient (Wildman–Crippen LogP) is 2.19. The quantitative estimate of drug-likeness (QED) is 0.788. The molecule has 24 heavy (non-hydrogen) atoms. The van der Waals surface area contributed by atoms with Crippen LogP contribution >= 0.6 is 0 Å². The van der Waals surface area contributed by atoms with Gasteiger partial charge in [-0.3, -0.25) is 9.52 Å². The van der Waals surface area contributed by atoms with E-state index in [1.165, 1.54) is 0 Å². The number of hydrogen-bond donors (Lipinski definition) is 2. The summed E-state index contributed by atoms with van der Waals surface area (Å²) in [4.78, 5) is 14.1. The fourth-order valence-corrected chi connectivity index (χ4v) is 4.09. The van der Waals surface area contributed by atoms with Crippen molar-refractivity contribution in [1.29, 1.82) is 0 Å². The minimum absolute atomic E-state index is 0.0985. The lowest BCUT2D eigenvalue weighted by atomic mass is 9.95. The van der Waals surface area contributed by atoms with Crippen LogP contribution in [0.5, 0.6) is 0 Å². The number of rotatable bonds is 7. The van der Waals surface area contributed by atoms with Crippen LogP contribution in [0.15, 0.2) is 24.3 Å². The number of nitrogens with zero attached hydrogens (tertiary/aromatic N) is 1. The summed E-state index contributed by atoms with van der Waals surface area (Å²) >= 11 is 0. The van der Waals surface area contributed by atoms with E-state index in [1.807, 2.05) is 26.0 Å². The Morgan fingerprint density at radius 3 is 2.33 bits per heavy atom. The van der Waals surface area contributed by atoms with Gasteiger partial charge >= 0.3 is 0 Å². The molecule has 0 atom stereocenters. The fourth-order valence-electron chi connectivity index (χ4n) is 2.96. The van der Waals surface area contributed by atoms with Gasteiger partial charge in [0, 0.05) is 36.9 Å². The van der Waals surface area contributed by atoms with Gasteiger partial charge in [0.15, 0.2) is 0 Å². The number of carbonyl (C=O) groups excluding carboxylic acids is 1. The summed E-state index contributed by atoms with van der Waals surface area (Å²) in [6, 6.07) is 7.43. The molecule has 1 aromatic carbocycles. The molecule has 1 aromatic rings. The van der Waals surface area contributed by atoms with E-state index in [2.05, 4.69) is 14.9 Å². The molecule has 1 amide bonds. The van der Waals surface area contributed by atoms with Crippen molar-refractivity contribution in [2.45, 2.75) is 33.1 Å². The summed E-state index contributed by atoms with van der Waals surface area (Å²) < 4.78 is 26.1. The Morgan fingerprint density at radius 1 is 1.17 bits per heavy atom. The Kier molecular flexibility index (Phi) is 6.48. The maximum atomic E-state index is 11.9. The topological polar surface area (TPSA) is 78.5 Å². The second-order valence-corrected chi connectivity index (χ2v) is 7.97. The molecule has 1 heterocycles. The fraction of sp³-hybridized carbons (Fsp3) is 0.588. The molecule has 1 aliphatic heterocycles. The minimum atomic E-state index is -3.25. The van der Waals surface area contributed by atoms with E-state index in [-0.39, 0.29) is 17.6 Å². The molecule has 6 nitrogen and oxygen atoms in total. The molecule has 0 saturated carbocycles. The van der Waals surface area contributed by atoms with Gasteiger partial charge < -0.3 is 10.2 Å². The van der Waals surface area contributed by atoms with E-state index in [0.717, 1.165) is 31.6 Å². The molecule has 0 spiro atoms. The molecule has 2 rings (SSSR count). The van der Waals surface area contributed by atoms with Gasteiger partial charge in [-0.05, 0) is 50.5 Å². The third-order valence-electron chi connectivity index (χ3n) is 4.20. The van der Waals surface area contributed by atoms with Crippen LogP contribution in [-0.4, -0.2) is 39.7 Å². The number of carbonyl (C=O) groups is 1. The lowest BCUT2D eigenvalue weighted by molar-refractivity contribution is -0.125. The van der Waals surface area contributed by atoms with Crippen LogP contribution in [0, 0.1) is 5.92 Å². The monoisotopic (exact) mass is 353 g/mol. The normalized spacial score (nSPS) is 16.0. The summed E-state index contributed by atoms with van der Waals surface area (Å²) in [6.45, 7) is 6.12. The molecule has 7 heteroatoms. The Hall–Kier alpha value is -1.76. The van der Waals surface area contributed by atoms with E-state index >= 15 is 0 Å². The van der Waals surface area contributed by atoms with E-state index < -0.39 is 10.0 Å². The van der Waals surface area contributed by atoms with Gasteiger partial charge in [0.2, 0.25) is 15.9 Å². The Morgan fingerprint density at radius 2 is 1.79 bits per heavy atom. The van der Waals surface area contributed by atoms with Crippen LogP contribution in [0.25, 0.3) is 0 Å². The van der Waals surface area contributed by atoms with Crippen molar-refractivity contribution in [3.63, 3.8) is 0 Å². The molecule has 1 saturated heterocycles. The SMILES string of the molecule is CCCS(=O)(=O)Nc1ccc(N2CCC(C(=O)NCC)CC2)cc1. The second kappa shape index (κ2) is 8.37. The number of benzene rings is 1. The van der Waals surface area contributed by atoms with Crippen molar-refractivity contribution in [2.24, 2.45) is 5.92 Å². The molecule has 0 aromatic heterocycles. The molecule has 0 aliphatic carbocycles. The van der Waals surface area contributed by atoms with Crippen molar-refractivity contribution in [2.75, 3.05) is 35.0 Å². The second-order valence-electron chi connectivity index (χ2n) is 6.12. The summed E-state index contributed by atoms with van der Waals surface area (Å²) in [5.41, 5.74) is 1.65. The first-order valence-electron chi connectivity index (χ1n) is 8.58. The van der Waals surface area contributed by atoms with Crippen molar-refractivity contribution in [3.8, 4) is 0 Å². The Bertz CT molecular complexity index is 636. The average molecular weight is 353 g/mol. The van der Waals surface area contributed by atoms with Crippen molar-refractivity contribution in [1.82, 2.24) is 5.32 Å². The highest BCUT2D eigenvalue weighted by molar-refractivity contribution is 7.92. The van der Waals surface area contributed by atoms with Crippen LogP contribution in [-0.2, 0) is 14.8 Å². The van der Waals surface area contributed by atoms with Crippen LogP contribution in [0.1, 0.15) is 33.1 Å². The highest BCUT2D eigenvalue weighted by Gasteiger charge is 2.24. The number of sulfonamides is 1. The van der Waals surface area contributed by atoms with Gasteiger partial charge in [0.05, 0.1) is 5.75 Å².